The number of nitrogens with one attached hydrogen (secondary N) is 2. The fraction of sp³-hybridized carbons (Fsp3) is 0.412. The van der Waals surface area contributed by atoms with Crippen molar-refractivity contribution in [3.63, 3.8) is 0 Å². The molecule has 0 saturated carbocycles. The van der Waals surface area contributed by atoms with Crippen LogP contribution in [-0.2, 0) is 29.2 Å². The number of likely N-dealkylation sites (N-methyl/N-ethyl adjacent to an activating group) is 1. The van der Waals surface area contributed by atoms with Crippen LogP contribution in [0.4, 0.5) is 0 Å². The van der Waals surface area contributed by atoms with Crippen molar-refractivity contribution in [2.75, 3.05) is 7.05 Å². The van der Waals surface area contributed by atoms with Gasteiger partial charge in [-0.15, -0.1) is 0 Å². The van der Waals surface area contributed by atoms with Crippen molar-refractivity contribution in [3.05, 3.63) is 95.6 Å². The Morgan fingerprint density at radius 1 is 0.854 bits per heavy atom. The molecule has 0 heterocycles. The van der Waals surface area contributed by atoms with Crippen LogP contribution in [0.1, 0.15) is 57.7 Å². The first-order valence-electron chi connectivity index (χ1n) is 14.3. The summed E-state index contributed by atoms with van der Waals surface area (Å²) >= 11 is 0. The normalized spacial score (nSPS) is 13.1. The van der Waals surface area contributed by atoms with Crippen LogP contribution in [0.2, 0.25) is 0 Å². The van der Waals surface area contributed by atoms with Gasteiger partial charge in [-0.2, -0.15) is 0 Å². The minimum absolute atomic E-state index is 0.183. The maximum atomic E-state index is 13.7. The first-order valence-corrected chi connectivity index (χ1v) is 14.3. The molecule has 2 unspecified atom stereocenters. The van der Waals surface area contributed by atoms with E-state index in [0.717, 1.165) is 22.4 Å². The van der Waals surface area contributed by atoms with Gasteiger partial charge < -0.3 is 20.5 Å². The quantitative estimate of drug-likeness (QED) is 0.259. The molecular formula is C34H45N3O4. The molecule has 0 bridgehead atoms. The van der Waals surface area contributed by atoms with Crippen molar-refractivity contribution in [3.8, 4) is 11.5 Å². The lowest BCUT2D eigenvalue weighted by Crippen LogP contribution is -2.56. The smallest absolute Gasteiger partial charge is 0.243 e. The number of carbonyl (C=O) groups is 2. The SMILES string of the molecule is CC(C)CC(C(=O)NC(Cc1ccc(OCc2ccccc2)cc1)C(=O)NC(C)(C)C)N(C)Cc1ccc(O)cc1. The zero-order valence-corrected chi connectivity index (χ0v) is 25.2. The van der Waals surface area contributed by atoms with Gasteiger partial charge in [-0.25, -0.2) is 0 Å². The predicted octanol–water partition coefficient (Wildman–Crippen LogP) is 5.46. The molecule has 0 radical (unpaired) electrons. The maximum absolute atomic E-state index is 13.7. The molecule has 3 rings (SSSR count). The van der Waals surface area contributed by atoms with Crippen LogP contribution in [-0.4, -0.2) is 46.5 Å². The van der Waals surface area contributed by atoms with E-state index >= 15 is 0 Å². The van der Waals surface area contributed by atoms with Crippen molar-refractivity contribution >= 4 is 11.8 Å². The Labute approximate surface area is 244 Å². The second kappa shape index (κ2) is 14.7. The van der Waals surface area contributed by atoms with Gasteiger partial charge in [0.1, 0.15) is 24.1 Å². The summed E-state index contributed by atoms with van der Waals surface area (Å²) in [4.78, 5) is 29.1. The van der Waals surface area contributed by atoms with Crippen LogP contribution in [0, 0.1) is 5.92 Å². The monoisotopic (exact) mass is 559 g/mol. The Hall–Kier alpha value is -3.84. The number of hydrogen-bond donors (Lipinski definition) is 3. The molecule has 41 heavy (non-hydrogen) atoms. The highest BCUT2D eigenvalue weighted by Crippen LogP contribution is 2.18. The van der Waals surface area contributed by atoms with Gasteiger partial charge >= 0.3 is 0 Å². The number of phenolic OH excluding ortho intramolecular Hbond substituents is 1. The number of nitrogens with zero attached hydrogens (tertiary/aromatic N) is 1. The van der Waals surface area contributed by atoms with Crippen molar-refractivity contribution in [2.45, 2.75) is 78.2 Å². The first kappa shape index (κ1) is 31.7. The average molecular weight is 560 g/mol. The average Bonchev–Trinajstić information content (AvgIpc) is 2.91. The Kier molecular flexibility index (Phi) is 11.4. The van der Waals surface area contributed by atoms with E-state index < -0.39 is 17.6 Å². The minimum Gasteiger partial charge on any atom is -0.508 e. The summed E-state index contributed by atoms with van der Waals surface area (Å²) in [5.74, 6) is 0.816. The van der Waals surface area contributed by atoms with Crippen molar-refractivity contribution < 1.29 is 19.4 Å². The van der Waals surface area contributed by atoms with Crippen molar-refractivity contribution in [1.29, 1.82) is 0 Å². The van der Waals surface area contributed by atoms with E-state index in [1.54, 1.807) is 12.1 Å². The van der Waals surface area contributed by atoms with E-state index in [4.69, 9.17) is 4.74 Å². The van der Waals surface area contributed by atoms with Gasteiger partial charge in [-0.05, 0) is 81.1 Å². The van der Waals surface area contributed by atoms with E-state index in [2.05, 4.69) is 24.5 Å². The van der Waals surface area contributed by atoms with Crippen LogP contribution >= 0.6 is 0 Å². The molecule has 7 nitrogen and oxygen atoms in total. The maximum Gasteiger partial charge on any atom is 0.243 e. The third-order valence-electron chi connectivity index (χ3n) is 6.64. The van der Waals surface area contributed by atoms with E-state index in [9.17, 15) is 14.7 Å². The fourth-order valence-corrected chi connectivity index (χ4v) is 4.57. The highest BCUT2D eigenvalue weighted by atomic mass is 16.5. The second-order valence-corrected chi connectivity index (χ2v) is 12.1. The second-order valence-electron chi connectivity index (χ2n) is 12.1. The summed E-state index contributed by atoms with van der Waals surface area (Å²) in [5.41, 5.74) is 2.56. The lowest BCUT2D eigenvalue weighted by molar-refractivity contribution is -0.132. The predicted molar refractivity (Wildman–Crippen MR) is 164 cm³/mol. The number of carbonyl (C=O) groups excluding carboxylic acids is 2. The Balaban J connectivity index is 1.73. The van der Waals surface area contributed by atoms with Crippen LogP contribution in [0.15, 0.2) is 78.9 Å². The molecule has 7 heteroatoms. The largest absolute Gasteiger partial charge is 0.508 e. The molecule has 0 aliphatic heterocycles. The molecule has 3 aromatic carbocycles. The Morgan fingerprint density at radius 2 is 1.46 bits per heavy atom. The van der Waals surface area contributed by atoms with Gasteiger partial charge in [0.05, 0.1) is 6.04 Å². The van der Waals surface area contributed by atoms with Gasteiger partial charge in [0.25, 0.3) is 0 Å². The number of phenols is 1. The Bertz CT molecular complexity index is 1240. The number of ether oxygens (including phenoxy) is 1. The summed E-state index contributed by atoms with van der Waals surface area (Å²) in [5, 5.41) is 15.7. The van der Waals surface area contributed by atoms with Gasteiger partial charge in [0, 0.05) is 18.5 Å². The lowest BCUT2D eigenvalue weighted by atomic mass is 9.99. The number of rotatable bonds is 13. The number of hydrogen-bond acceptors (Lipinski definition) is 5. The van der Waals surface area contributed by atoms with Crippen LogP contribution < -0.4 is 15.4 Å². The molecular weight excluding hydrogens is 514 g/mol. The van der Waals surface area contributed by atoms with Crippen LogP contribution in [0.25, 0.3) is 0 Å². The lowest BCUT2D eigenvalue weighted by Gasteiger charge is -2.31. The highest BCUT2D eigenvalue weighted by molar-refractivity contribution is 5.90. The summed E-state index contributed by atoms with van der Waals surface area (Å²) in [7, 11) is 1.91. The van der Waals surface area contributed by atoms with E-state index in [-0.39, 0.29) is 23.5 Å². The molecule has 3 aromatic rings. The zero-order valence-electron chi connectivity index (χ0n) is 25.2. The molecule has 0 saturated heterocycles. The topological polar surface area (TPSA) is 90.9 Å². The highest BCUT2D eigenvalue weighted by Gasteiger charge is 2.30. The van der Waals surface area contributed by atoms with Crippen LogP contribution in [0.3, 0.4) is 0 Å². The van der Waals surface area contributed by atoms with Gasteiger partial charge in [-0.1, -0.05) is 68.4 Å². The van der Waals surface area contributed by atoms with Crippen molar-refractivity contribution in [2.24, 2.45) is 5.92 Å². The number of aromatic hydroxyl groups is 1. The first-order chi connectivity index (χ1) is 19.4. The molecule has 220 valence electrons. The third kappa shape index (κ3) is 10.9. The number of amides is 2. The van der Waals surface area contributed by atoms with E-state index in [0.29, 0.717) is 26.0 Å². The molecule has 2 atom stereocenters. The molecule has 0 aliphatic rings. The van der Waals surface area contributed by atoms with Crippen molar-refractivity contribution in [1.82, 2.24) is 15.5 Å². The van der Waals surface area contributed by atoms with Crippen LogP contribution in [0.5, 0.6) is 11.5 Å². The Morgan fingerprint density at radius 3 is 2.05 bits per heavy atom. The van der Waals surface area contributed by atoms with Gasteiger partial charge in [0.2, 0.25) is 11.8 Å². The molecule has 0 aliphatic carbocycles. The van der Waals surface area contributed by atoms with E-state index in [1.807, 2.05) is 99.4 Å². The fourth-order valence-electron chi connectivity index (χ4n) is 4.57. The molecule has 3 N–H and O–H groups in total. The molecule has 0 spiro atoms. The van der Waals surface area contributed by atoms with E-state index in [1.165, 1.54) is 0 Å². The molecule has 0 aromatic heterocycles. The zero-order chi connectivity index (χ0) is 30.0. The standard InChI is InChI=1S/C34H45N3O4/c1-24(2)20-31(37(6)22-26-12-16-28(38)17-13-26)33(40)35-30(32(39)36-34(3,4)5)21-25-14-18-29(19-15-25)41-23-27-10-8-7-9-11-27/h7-19,24,30-31,38H,20-23H2,1-6H3,(H,35,40)(H,36,39). The number of benzene rings is 3. The minimum atomic E-state index is -0.741. The third-order valence-corrected chi connectivity index (χ3v) is 6.64. The summed E-state index contributed by atoms with van der Waals surface area (Å²) < 4.78 is 5.91. The van der Waals surface area contributed by atoms with Gasteiger partial charge in [-0.3, -0.25) is 14.5 Å². The van der Waals surface area contributed by atoms with Gasteiger partial charge in [0.15, 0.2) is 0 Å². The molecule has 2 amide bonds. The summed E-state index contributed by atoms with van der Waals surface area (Å²) in [6, 6.07) is 23.5. The summed E-state index contributed by atoms with van der Waals surface area (Å²) in [6.07, 6.45) is 0.990. The molecule has 0 fully saturated rings. The summed E-state index contributed by atoms with van der Waals surface area (Å²) in [6.45, 7) is 11.0.